The number of amides is 1. The van der Waals surface area contributed by atoms with Crippen LogP contribution in [-0.4, -0.2) is 17.6 Å². The van der Waals surface area contributed by atoms with Crippen molar-refractivity contribution in [2.45, 2.75) is 19.9 Å². The third-order valence-electron chi connectivity index (χ3n) is 3.80. The van der Waals surface area contributed by atoms with Crippen LogP contribution >= 0.6 is 22.9 Å². The van der Waals surface area contributed by atoms with Gasteiger partial charge < -0.3 is 10.1 Å². The minimum Gasteiger partial charge on any atom is -0.495 e. The summed E-state index contributed by atoms with van der Waals surface area (Å²) in [6.45, 7) is 3.94. The first kappa shape index (κ1) is 17.5. The molecule has 0 bridgehead atoms. The predicted octanol–water partition coefficient (Wildman–Crippen LogP) is 4.56. The van der Waals surface area contributed by atoms with E-state index in [1.807, 2.05) is 26.0 Å². The Hall–Kier alpha value is -2.31. The summed E-state index contributed by atoms with van der Waals surface area (Å²) in [4.78, 5) is 24.5. The van der Waals surface area contributed by atoms with Gasteiger partial charge in [-0.05, 0) is 50.2 Å². The molecule has 2 aromatic carbocycles. The maximum Gasteiger partial charge on any atom is 0.308 e. The normalized spacial score (nSPS) is 11.1. The number of nitrogens with one attached hydrogen (secondary N) is 1. The van der Waals surface area contributed by atoms with E-state index >= 15 is 0 Å². The van der Waals surface area contributed by atoms with Gasteiger partial charge in [0.25, 0.3) is 5.91 Å². The van der Waals surface area contributed by atoms with Crippen LogP contribution in [-0.2, 0) is 0 Å². The molecule has 0 fully saturated rings. The molecular weight excluding hydrogens is 360 g/mol. The number of hydrogen-bond donors (Lipinski definition) is 1. The van der Waals surface area contributed by atoms with Crippen LogP contribution in [0.3, 0.4) is 0 Å². The van der Waals surface area contributed by atoms with E-state index in [0.717, 1.165) is 10.2 Å². The zero-order chi connectivity index (χ0) is 18.1. The Morgan fingerprint density at radius 1 is 1.24 bits per heavy atom. The number of benzene rings is 2. The summed E-state index contributed by atoms with van der Waals surface area (Å²) < 4.78 is 7.67. The molecule has 1 aromatic heterocycles. The zero-order valence-corrected chi connectivity index (χ0v) is 15.6. The molecule has 130 valence electrons. The highest BCUT2D eigenvalue weighted by Gasteiger charge is 2.13. The Kier molecular flexibility index (Phi) is 4.83. The largest absolute Gasteiger partial charge is 0.495 e. The van der Waals surface area contributed by atoms with E-state index in [4.69, 9.17) is 16.3 Å². The third-order valence-corrected chi connectivity index (χ3v) is 5.02. The maximum atomic E-state index is 12.4. The van der Waals surface area contributed by atoms with Crippen molar-refractivity contribution in [3.8, 4) is 5.75 Å². The minimum atomic E-state index is -0.278. The predicted molar refractivity (Wildman–Crippen MR) is 102 cm³/mol. The molecule has 0 aliphatic heterocycles. The first-order valence-electron chi connectivity index (χ1n) is 7.70. The van der Waals surface area contributed by atoms with Crippen molar-refractivity contribution in [3.63, 3.8) is 0 Å². The molecule has 3 aromatic rings. The molecule has 0 saturated heterocycles. The van der Waals surface area contributed by atoms with Crippen LogP contribution in [0.4, 0.5) is 5.69 Å². The molecule has 0 aliphatic carbocycles. The van der Waals surface area contributed by atoms with Gasteiger partial charge in [-0.1, -0.05) is 22.9 Å². The molecule has 25 heavy (non-hydrogen) atoms. The van der Waals surface area contributed by atoms with Crippen LogP contribution in [0.25, 0.3) is 10.2 Å². The fraction of sp³-hybridized carbons (Fsp3) is 0.222. The van der Waals surface area contributed by atoms with E-state index in [1.54, 1.807) is 28.8 Å². The molecular formula is C18H17ClN2O3S. The first-order valence-corrected chi connectivity index (χ1v) is 8.90. The number of hydrogen-bond acceptors (Lipinski definition) is 4. The summed E-state index contributed by atoms with van der Waals surface area (Å²) in [5.74, 6) is 0.235. The second-order valence-electron chi connectivity index (χ2n) is 5.82. The summed E-state index contributed by atoms with van der Waals surface area (Å²) >= 11 is 7.23. The van der Waals surface area contributed by atoms with E-state index < -0.39 is 0 Å². The van der Waals surface area contributed by atoms with Crippen molar-refractivity contribution < 1.29 is 9.53 Å². The fourth-order valence-electron chi connectivity index (χ4n) is 2.61. The number of fused-ring (bicyclic) bond motifs is 1. The Morgan fingerprint density at radius 2 is 2.00 bits per heavy atom. The lowest BCUT2D eigenvalue weighted by atomic mass is 10.2. The average Bonchev–Trinajstić information content (AvgIpc) is 2.89. The number of aromatic nitrogens is 1. The Balaban J connectivity index is 1.89. The van der Waals surface area contributed by atoms with E-state index in [2.05, 4.69) is 5.32 Å². The van der Waals surface area contributed by atoms with Gasteiger partial charge in [-0.15, -0.1) is 0 Å². The fourth-order valence-corrected chi connectivity index (χ4v) is 3.92. The SMILES string of the molecule is COc1ccc(C(=O)Nc2ccc3c(c2)sc(=O)n3C(C)C)cc1Cl. The highest BCUT2D eigenvalue weighted by atomic mass is 35.5. The molecule has 0 aliphatic rings. The van der Waals surface area contributed by atoms with Gasteiger partial charge >= 0.3 is 4.87 Å². The summed E-state index contributed by atoms with van der Waals surface area (Å²) in [6.07, 6.45) is 0. The van der Waals surface area contributed by atoms with Gasteiger partial charge in [0, 0.05) is 17.3 Å². The van der Waals surface area contributed by atoms with Crippen LogP contribution in [0, 0.1) is 0 Å². The van der Waals surface area contributed by atoms with Gasteiger partial charge in [0.2, 0.25) is 0 Å². The second-order valence-corrected chi connectivity index (χ2v) is 7.22. The van der Waals surface area contributed by atoms with Crippen molar-refractivity contribution in [3.05, 3.63) is 56.7 Å². The van der Waals surface area contributed by atoms with Crippen LogP contribution < -0.4 is 14.9 Å². The van der Waals surface area contributed by atoms with Gasteiger partial charge in [-0.25, -0.2) is 0 Å². The quantitative estimate of drug-likeness (QED) is 0.726. The number of ether oxygens (including phenoxy) is 1. The number of carbonyl (C=O) groups excluding carboxylic acids is 1. The minimum absolute atomic E-state index is 0.00425. The number of halogens is 1. The van der Waals surface area contributed by atoms with Crippen molar-refractivity contribution in [1.29, 1.82) is 0 Å². The highest BCUT2D eigenvalue weighted by Crippen LogP contribution is 2.27. The van der Waals surface area contributed by atoms with Crippen LogP contribution in [0.5, 0.6) is 5.75 Å². The van der Waals surface area contributed by atoms with Gasteiger partial charge in [-0.2, -0.15) is 0 Å². The van der Waals surface area contributed by atoms with E-state index in [9.17, 15) is 9.59 Å². The van der Waals surface area contributed by atoms with Crippen molar-refractivity contribution in [2.75, 3.05) is 12.4 Å². The number of thiazole rings is 1. The second kappa shape index (κ2) is 6.90. The van der Waals surface area contributed by atoms with Crippen molar-refractivity contribution in [1.82, 2.24) is 4.57 Å². The standard InChI is InChI=1S/C18H17ClN2O3S/c1-10(2)21-14-6-5-12(9-16(14)25-18(21)23)20-17(22)11-4-7-15(24-3)13(19)8-11/h4-10H,1-3H3,(H,20,22). The molecule has 0 atom stereocenters. The molecule has 0 radical (unpaired) electrons. The number of anilines is 1. The summed E-state index contributed by atoms with van der Waals surface area (Å²) in [5.41, 5.74) is 1.93. The number of methoxy groups -OCH3 is 1. The molecule has 5 nitrogen and oxygen atoms in total. The lowest BCUT2D eigenvalue weighted by Crippen LogP contribution is -2.14. The molecule has 7 heteroatoms. The van der Waals surface area contributed by atoms with E-state index in [0.29, 0.717) is 22.0 Å². The van der Waals surface area contributed by atoms with Crippen LogP contribution in [0.2, 0.25) is 5.02 Å². The highest BCUT2D eigenvalue weighted by molar-refractivity contribution is 7.16. The monoisotopic (exact) mass is 376 g/mol. The smallest absolute Gasteiger partial charge is 0.308 e. The Morgan fingerprint density at radius 3 is 2.64 bits per heavy atom. The summed E-state index contributed by atoms with van der Waals surface area (Å²) in [6, 6.07) is 10.4. The van der Waals surface area contributed by atoms with Crippen molar-refractivity contribution in [2.24, 2.45) is 0 Å². The van der Waals surface area contributed by atoms with Gasteiger partial charge in [0.1, 0.15) is 5.75 Å². The lowest BCUT2D eigenvalue weighted by Gasteiger charge is -2.09. The summed E-state index contributed by atoms with van der Waals surface area (Å²) in [7, 11) is 1.52. The molecule has 1 N–H and O–H groups in total. The van der Waals surface area contributed by atoms with Gasteiger partial charge in [0.05, 0.1) is 22.3 Å². The Bertz CT molecular complexity index is 1010. The topological polar surface area (TPSA) is 60.3 Å². The van der Waals surface area contributed by atoms with Crippen LogP contribution in [0.1, 0.15) is 30.2 Å². The lowest BCUT2D eigenvalue weighted by molar-refractivity contribution is 0.102. The first-order chi connectivity index (χ1) is 11.9. The van der Waals surface area contributed by atoms with Crippen LogP contribution in [0.15, 0.2) is 41.2 Å². The maximum absolute atomic E-state index is 12.4. The molecule has 1 heterocycles. The number of rotatable bonds is 4. The Labute approximate surface area is 153 Å². The number of nitrogens with zero attached hydrogens (tertiary/aromatic N) is 1. The van der Waals surface area contributed by atoms with E-state index in [-0.39, 0.29) is 16.8 Å². The summed E-state index contributed by atoms with van der Waals surface area (Å²) in [5, 5.41) is 3.20. The van der Waals surface area contributed by atoms with E-state index in [1.165, 1.54) is 18.4 Å². The molecule has 3 rings (SSSR count). The third kappa shape index (κ3) is 3.41. The number of carbonyl (C=O) groups is 1. The zero-order valence-electron chi connectivity index (χ0n) is 14.0. The van der Waals surface area contributed by atoms with Crippen molar-refractivity contribution >= 4 is 44.7 Å². The molecule has 0 spiro atoms. The molecule has 1 amide bonds. The molecule has 0 saturated carbocycles. The average molecular weight is 377 g/mol. The van der Waals surface area contributed by atoms with Gasteiger partial charge in [0.15, 0.2) is 0 Å². The molecule has 0 unspecified atom stereocenters. The van der Waals surface area contributed by atoms with Gasteiger partial charge in [-0.3, -0.25) is 14.2 Å².